The van der Waals surface area contributed by atoms with E-state index in [-0.39, 0.29) is 0 Å². The van der Waals surface area contributed by atoms with Crippen LogP contribution in [0, 0.1) is 5.41 Å². The van der Waals surface area contributed by atoms with Crippen LogP contribution in [0.5, 0.6) is 0 Å². The molecule has 18 heavy (non-hydrogen) atoms. The van der Waals surface area contributed by atoms with Crippen molar-refractivity contribution in [1.29, 1.82) is 0 Å². The molecule has 0 aliphatic heterocycles. The van der Waals surface area contributed by atoms with Gasteiger partial charge in [-0.25, -0.2) is 0 Å². The Bertz CT molecular complexity index is 163. The molecule has 0 radical (unpaired) electrons. The Balaban J connectivity index is 3.23. The van der Waals surface area contributed by atoms with E-state index in [1.54, 1.807) is 0 Å². The molecule has 0 unspecified atom stereocenters. The Hall–Kier alpha value is -0.0400. The van der Waals surface area contributed by atoms with Crippen molar-refractivity contribution in [2.24, 2.45) is 11.1 Å². The second kappa shape index (κ2) is 12.0. The molecule has 0 rings (SSSR count). The van der Waals surface area contributed by atoms with Crippen molar-refractivity contribution in [2.75, 3.05) is 6.54 Å². The first-order valence-electron chi connectivity index (χ1n) is 8.32. The van der Waals surface area contributed by atoms with Gasteiger partial charge < -0.3 is 5.73 Å². The molecule has 1 nitrogen and oxygen atoms in total. The van der Waals surface area contributed by atoms with Crippen molar-refractivity contribution in [3.63, 3.8) is 0 Å². The number of unbranched alkanes of at least 4 members (excludes halogenated alkanes) is 8. The van der Waals surface area contributed by atoms with Crippen molar-refractivity contribution in [2.45, 2.75) is 97.8 Å². The Morgan fingerprint density at radius 1 is 0.667 bits per heavy atom. The van der Waals surface area contributed by atoms with Crippen LogP contribution in [0.3, 0.4) is 0 Å². The summed E-state index contributed by atoms with van der Waals surface area (Å²) in [5.74, 6) is 0. The summed E-state index contributed by atoms with van der Waals surface area (Å²) in [6.45, 7) is 7.93. The summed E-state index contributed by atoms with van der Waals surface area (Å²) < 4.78 is 0. The standard InChI is InChI=1S/C17H37N/c1-4-5-6-7-8-9-10-11-12-14-17(2,3)15-13-16-18/h4-16,18H2,1-3H3. The number of hydrogen-bond donors (Lipinski definition) is 1. The van der Waals surface area contributed by atoms with Crippen molar-refractivity contribution in [3.8, 4) is 0 Å². The van der Waals surface area contributed by atoms with E-state index in [2.05, 4.69) is 20.8 Å². The van der Waals surface area contributed by atoms with Gasteiger partial charge in [-0.15, -0.1) is 0 Å². The largest absolute Gasteiger partial charge is 0.330 e. The molecule has 0 aliphatic rings. The van der Waals surface area contributed by atoms with Crippen LogP contribution in [0.25, 0.3) is 0 Å². The van der Waals surface area contributed by atoms with Crippen molar-refractivity contribution in [3.05, 3.63) is 0 Å². The Morgan fingerprint density at radius 3 is 1.61 bits per heavy atom. The van der Waals surface area contributed by atoms with Gasteiger partial charge in [-0.2, -0.15) is 0 Å². The topological polar surface area (TPSA) is 26.0 Å². The molecule has 0 amide bonds. The lowest BCUT2D eigenvalue weighted by Crippen LogP contribution is -2.13. The minimum Gasteiger partial charge on any atom is -0.330 e. The van der Waals surface area contributed by atoms with Gasteiger partial charge in [-0.1, -0.05) is 78.6 Å². The lowest BCUT2D eigenvalue weighted by molar-refractivity contribution is 0.288. The average molecular weight is 255 g/mol. The fourth-order valence-corrected chi connectivity index (χ4v) is 2.62. The lowest BCUT2D eigenvalue weighted by atomic mass is 9.82. The zero-order chi connectivity index (χ0) is 13.7. The van der Waals surface area contributed by atoms with E-state index >= 15 is 0 Å². The molecule has 2 N–H and O–H groups in total. The van der Waals surface area contributed by atoms with Gasteiger partial charge in [0.1, 0.15) is 0 Å². The normalized spacial score (nSPS) is 12.0. The highest BCUT2D eigenvalue weighted by atomic mass is 14.5. The maximum atomic E-state index is 5.58. The molecule has 0 aliphatic carbocycles. The fraction of sp³-hybridized carbons (Fsp3) is 1.00. The fourth-order valence-electron chi connectivity index (χ4n) is 2.62. The monoisotopic (exact) mass is 255 g/mol. The number of hydrogen-bond acceptors (Lipinski definition) is 1. The Kier molecular flexibility index (Phi) is 12.0. The molecule has 0 aromatic heterocycles. The van der Waals surface area contributed by atoms with E-state index in [1.807, 2.05) is 0 Å². The number of nitrogens with two attached hydrogens (primary N) is 1. The van der Waals surface area contributed by atoms with E-state index < -0.39 is 0 Å². The van der Waals surface area contributed by atoms with E-state index in [9.17, 15) is 0 Å². The summed E-state index contributed by atoms with van der Waals surface area (Å²) in [7, 11) is 0. The van der Waals surface area contributed by atoms with Crippen LogP contribution in [-0.4, -0.2) is 6.54 Å². The van der Waals surface area contributed by atoms with E-state index in [1.165, 1.54) is 77.0 Å². The molecule has 1 heteroatoms. The first-order valence-corrected chi connectivity index (χ1v) is 8.32. The molecule has 0 aromatic carbocycles. The molecule has 0 heterocycles. The third kappa shape index (κ3) is 12.4. The lowest BCUT2D eigenvalue weighted by Gasteiger charge is -2.24. The summed E-state index contributed by atoms with van der Waals surface area (Å²) in [5.41, 5.74) is 6.09. The smallest absolute Gasteiger partial charge is 0.00771 e. The van der Waals surface area contributed by atoms with Crippen LogP contribution in [0.15, 0.2) is 0 Å². The minimum absolute atomic E-state index is 0.514. The Morgan fingerprint density at radius 2 is 1.11 bits per heavy atom. The highest BCUT2D eigenvalue weighted by molar-refractivity contribution is 4.68. The molecule has 0 atom stereocenters. The van der Waals surface area contributed by atoms with Gasteiger partial charge in [-0.05, 0) is 31.2 Å². The first-order chi connectivity index (χ1) is 8.62. The van der Waals surface area contributed by atoms with Gasteiger partial charge in [-0.3, -0.25) is 0 Å². The minimum atomic E-state index is 0.514. The zero-order valence-corrected chi connectivity index (χ0v) is 13.3. The van der Waals surface area contributed by atoms with Gasteiger partial charge in [0.25, 0.3) is 0 Å². The molecule has 0 aromatic rings. The van der Waals surface area contributed by atoms with Crippen LogP contribution in [0.4, 0.5) is 0 Å². The second-order valence-electron chi connectivity index (χ2n) is 6.63. The molecule has 0 spiro atoms. The molecular weight excluding hydrogens is 218 g/mol. The molecule has 0 saturated carbocycles. The maximum Gasteiger partial charge on any atom is -0.00771 e. The number of rotatable bonds is 13. The van der Waals surface area contributed by atoms with Crippen molar-refractivity contribution in [1.82, 2.24) is 0 Å². The quantitative estimate of drug-likeness (QED) is 0.421. The van der Waals surface area contributed by atoms with Gasteiger partial charge >= 0.3 is 0 Å². The predicted octanol–water partition coefficient (Wildman–Crippen LogP) is 5.67. The third-order valence-corrected chi connectivity index (χ3v) is 4.01. The molecule has 110 valence electrons. The second-order valence-corrected chi connectivity index (χ2v) is 6.63. The van der Waals surface area contributed by atoms with Crippen LogP contribution in [0.2, 0.25) is 0 Å². The third-order valence-electron chi connectivity index (χ3n) is 4.01. The molecule has 0 saturated heterocycles. The SMILES string of the molecule is CCCCCCCCCCCC(C)(C)CCCN. The summed E-state index contributed by atoms with van der Waals surface area (Å²) in [6, 6.07) is 0. The van der Waals surface area contributed by atoms with E-state index in [0.29, 0.717) is 5.41 Å². The predicted molar refractivity (Wildman–Crippen MR) is 83.9 cm³/mol. The molecule has 0 bridgehead atoms. The zero-order valence-electron chi connectivity index (χ0n) is 13.3. The Labute approximate surface area is 116 Å². The van der Waals surface area contributed by atoms with Crippen LogP contribution in [0.1, 0.15) is 97.8 Å². The van der Waals surface area contributed by atoms with E-state index in [4.69, 9.17) is 5.73 Å². The molecule has 0 fully saturated rings. The van der Waals surface area contributed by atoms with Crippen LogP contribution in [-0.2, 0) is 0 Å². The maximum absolute atomic E-state index is 5.58. The van der Waals surface area contributed by atoms with Gasteiger partial charge in [0.2, 0.25) is 0 Å². The summed E-state index contributed by atoms with van der Waals surface area (Å²) >= 11 is 0. The summed E-state index contributed by atoms with van der Waals surface area (Å²) in [4.78, 5) is 0. The molecular formula is C17H37N. The van der Waals surface area contributed by atoms with Crippen LogP contribution >= 0.6 is 0 Å². The van der Waals surface area contributed by atoms with Gasteiger partial charge in [0.05, 0.1) is 0 Å². The van der Waals surface area contributed by atoms with Gasteiger partial charge in [0.15, 0.2) is 0 Å². The van der Waals surface area contributed by atoms with Crippen LogP contribution < -0.4 is 5.73 Å². The summed E-state index contributed by atoms with van der Waals surface area (Å²) in [6.07, 6.45) is 16.7. The van der Waals surface area contributed by atoms with Gasteiger partial charge in [0, 0.05) is 0 Å². The summed E-state index contributed by atoms with van der Waals surface area (Å²) in [5, 5.41) is 0. The van der Waals surface area contributed by atoms with E-state index in [0.717, 1.165) is 6.54 Å². The average Bonchev–Trinajstić information content (AvgIpc) is 2.34. The highest BCUT2D eigenvalue weighted by Crippen LogP contribution is 2.29. The van der Waals surface area contributed by atoms with Crippen molar-refractivity contribution < 1.29 is 0 Å². The first kappa shape index (κ1) is 18.0. The highest BCUT2D eigenvalue weighted by Gasteiger charge is 2.15. The van der Waals surface area contributed by atoms with Crippen molar-refractivity contribution >= 4 is 0 Å².